The van der Waals surface area contributed by atoms with E-state index in [1.165, 1.54) is 22.3 Å². The van der Waals surface area contributed by atoms with Crippen LogP contribution in [-0.4, -0.2) is 9.55 Å². The molecule has 3 heterocycles. The van der Waals surface area contributed by atoms with Gasteiger partial charge in [0.2, 0.25) is 0 Å². The summed E-state index contributed by atoms with van der Waals surface area (Å²) in [5.41, 5.74) is 17.5. The maximum absolute atomic E-state index is 7.84. The smallest absolute Gasteiger partial charge is 0.292 e. The maximum atomic E-state index is 7.84. The molecule has 9 aromatic carbocycles. The van der Waals surface area contributed by atoms with Crippen LogP contribution in [0.4, 0.5) is 5.69 Å². The summed E-state index contributed by atoms with van der Waals surface area (Å²) >= 11 is 0. The van der Waals surface area contributed by atoms with E-state index in [1.807, 2.05) is 42.7 Å². The lowest BCUT2D eigenvalue weighted by molar-refractivity contribution is -0.587. The zero-order valence-electron chi connectivity index (χ0n) is 35.1. The molecule has 13 rings (SSSR count). The van der Waals surface area contributed by atoms with E-state index in [1.54, 1.807) is 0 Å². The molecule has 0 saturated heterocycles. The third-order valence-electron chi connectivity index (χ3n) is 13.4. The highest BCUT2D eigenvalue weighted by atomic mass is 16.5. The molecule has 1 aliphatic carbocycles. The van der Waals surface area contributed by atoms with E-state index >= 15 is 0 Å². The molecular formula is C60H37N4O+. The predicted octanol–water partition coefficient (Wildman–Crippen LogP) is 14.5. The zero-order chi connectivity index (χ0) is 43.1. The number of rotatable bonds is 5. The van der Waals surface area contributed by atoms with Gasteiger partial charge < -0.3 is 9.30 Å². The summed E-state index contributed by atoms with van der Waals surface area (Å²) < 4.78 is 11.6. The van der Waals surface area contributed by atoms with Gasteiger partial charge >= 0.3 is 0 Å². The van der Waals surface area contributed by atoms with Gasteiger partial charge in [-0.1, -0.05) is 146 Å². The summed E-state index contributed by atoms with van der Waals surface area (Å²) in [5, 5.41) is 2.15. The second kappa shape index (κ2) is 14.4. The Kier molecular flexibility index (Phi) is 8.12. The Hall–Kier alpha value is -8.85. The Labute approximate surface area is 376 Å². The van der Waals surface area contributed by atoms with E-state index in [0.29, 0.717) is 5.69 Å². The van der Waals surface area contributed by atoms with E-state index in [0.717, 1.165) is 89.4 Å². The molecule has 5 nitrogen and oxygen atoms in total. The van der Waals surface area contributed by atoms with Crippen molar-refractivity contribution >= 4 is 27.5 Å². The Morgan fingerprint density at radius 2 is 1.09 bits per heavy atom. The van der Waals surface area contributed by atoms with E-state index in [-0.39, 0.29) is 0 Å². The predicted molar refractivity (Wildman–Crippen MR) is 260 cm³/mol. The van der Waals surface area contributed by atoms with Crippen molar-refractivity contribution in [3.8, 4) is 67.6 Å². The van der Waals surface area contributed by atoms with Gasteiger partial charge in [0, 0.05) is 45.5 Å². The first-order chi connectivity index (χ1) is 32.2. The van der Waals surface area contributed by atoms with Gasteiger partial charge in [-0.15, -0.1) is 0 Å². The van der Waals surface area contributed by atoms with Crippen LogP contribution in [0, 0.1) is 6.57 Å². The number of benzene rings is 9. The van der Waals surface area contributed by atoms with E-state index in [4.69, 9.17) is 16.3 Å². The minimum atomic E-state index is -0.662. The minimum absolute atomic E-state index is 0.624. The molecule has 0 atom stereocenters. The number of ether oxygens (including phenoxy) is 1. The average molecular weight is 830 g/mol. The quantitative estimate of drug-likeness (QED) is 0.128. The van der Waals surface area contributed by atoms with Crippen LogP contribution in [0.3, 0.4) is 0 Å². The first-order valence-corrected chi connectivity index (χ1v) is 21.9. The lowest BCUT2D eigenvalue weighted by Crippen LogP contribution is -2.36. The van der Waals surface area contributed by atoms with E-state index in [2.05, 4.69) is 196 Å². The molecule has 0 amide bonds. The van der Waals surface area contributed by atoms with Crippen molar-refractivity contribution in [3.63, 3.8) is 0 Å². The Balaban J connectivity index is 1.01. The van der Waals surface area contributed by atoms with Gasteiger partial charge in [0.1, 0.15) is 22.9 Å². The van der Waals surface area contributed by atoms with Crippen molar-refractivity contribution in [1.82, 2.24) is 9.55 Å². The molecule has 302 valence electrons. The van der Waals surface area contributed by atoms with Gasteiger partial charge in [-0.25, -0.2) is 4.85 Å². The van der Waals surface area contributed by atoms with Gasteiger partial charge in [-0.05, 0) is 104 Å². The minimum Gasteiger partial charge on any atom is -0.457 e. The summed E-state index contributed by atoms with van der Waals surface area (Å²) in [4.78, 5) is 8.81. The lowest BCUT2D eigenvalue weighted by atomic mass is 9.65. The summed E-state index contributed by atoms with van der Waals surface area (Å²) in [6.45, 7) is 7.84. The van der Waals surface area contributed by atoms with Gasteiger partial charge in [0.05, 0.1) is 23.0 Å². The monoisotopic (exact) mass is 829 g/mol. The lowest BCUT2D eigenvalue weighted by Gasteiger charge is -2.39. The van der Waals surface area contributed by atoms with E-state index < -0.39 is 5.41 Å². The van der Waals surface area contributed by atoms with Crippen molar-refractivity contribution in [2.75, 3.05) is 0 Å². The SMILES string of the molecule is [C-]#[N+]c1ccc2c(c1)c1cc(-c3ccc4c(c3)C3(c5ccc(-[n+]6cnc(-c7ccccc7)cc6-c6ccccc6)cc5O4)c4ccccc4-c4ccccc43)ccc1n2-c1ccccc1. The third kappa shape index (κ3) is 5.51. The molecule has 5 heteroatoms. The second-order valence-electron chi connectivity index (χ2n) is 16.8. The van der Waals surface area contributed by atoms with Gasteiger partial charge in [-0.2, -0.15) is 4.57 Å². The van der Waals surface area contributed by atoms with Crippen LogP contribution in [0.1, 0.15) is 22.3 Å². The summed E-state index contributed by atoms with van der Waals surface area (Å²) in [5.74, 6) is 1.62. The molecule has 2 aromatic heterocycles. The third-order valence-corrected chi connectivity index (χ3v) is 13.4. The summed E-state index contributed by atoms with van der Waals surface area (Å²) in [7, 11) is 0. The first kappa shape index (κ1) is 36.8. The molecule has 0 bridgehead atoms. The fourth-order valence-corrected chi connectivity index (χ4v) is 10.6. The normalized spacial score (nSPS) is 12.8. The van der Waals surface area contributed by atoms with Gasteiger partial charge in [0.25, 0.3) is 6.33 Å². The molecule has 11 aromatic rings. The van der Waals surface area contributed by atoms with Crippen molar-refractivity contribution in [3.05, 3.63) is 258 Å². The molecule has 0 saturated carbocycles. The summed E-state index contributed by atoms with van der Waals surface area (Å²) in [6.07, 6.45) is 1.93. The maximum Gasteiger partial charge on any atom is 0.292 e. The Morgan fingerprint density at radius 3 is 1.82 bits per heavy atom. The van der Waals surface area contributed by atoms with Crippen LogP contribution in [0.5, 0.6) is 11.5 Å². The van der Waals surface area contributed by atoms with Crippen LogP contribution in [-0.2, 0) is 5.41 Å². The van der Waals surface area contributed by atoms with Crippen molar-refractivity contribution < 1.29 is 9.30 Å². The fourth-order valence-electron chi connectivity index (χ4n) is 10.6. The second-order valence-corrected chi connectivity index (χ2v) is 16.8. The molecular weight excluding hydrogens is 793 g/mol. The Bertz CT molecular complexity index is 3710. The van der Waals surface area contributed by atoms with Crippen LogP contribution in [0.15, 0.2) is 225 Å². The van der Waals surface area contributed by atoms with Crippen molar-refractivity contribution in [2.24, 2.45) is 0 Å². The van der Waals surface area contributed by atoms with Crippen molar-refractivity contribution in [1.29, 1.82) is 0 Å². The molecule has 1 aliphatic heterocycles. The highest BCUT2D eigenvalue weighted by Gasteiger charge is 2.51. The van der Waals surface area contributed by atoms with Gasteiger partial charge in [0.15, 0.2) is 11.4 Å². The summed E-state index contributed by atoms with van der Waals surface area (Å²) in [6, 6.07) is 77.3. The highest BCUT2D eigenvalue weighted by molar-refractivity contribution is 6.11. The standard InChI is InChI=1S/C60H37N4O/c1-61-43-27-31-56-49(35-43)48-33-41(25-30-55(48)64(56)44-19-9-4-10-20-44)42-26-32-58-53(34-42)60(50-23-13-11-21-46(50)47-22-12-14-24-51(47)60)52-29-28-45(36-59(52)65-58)63-38-62-54(39-15-5-2-6-16-39)37-57(63)40-17-7-3-8-18-40/h2-38H/q+1. The number of fused-ring (bicyclic) bond motifs is 12. The number of hydrogen-bond acceptors (Lipinski definition) is 2. The highest BCUT2D eigenvalue weighted by Crippen LogP contribution is 2.62. The molecule has 0 N–H and O–H groups in total. The van der Waals surface area contributed by atoms with Crippen LogP contribution in [0.2, 0.25) is 0 Å². The zero-order valence-corrected chi connectivity index (χ0v) is 35.1. The number of hydrogen-bond donors (Lipinski definition) is 0. The topological polar surface area (TPSA) is 35.3 Å². The van der Waals surface area contributed by atoms with Crippen molar-refractivity contribution in [2.45, 2.75) is 5.41 Å². The molecule has 0 radical (unpaired) electrons. The van der Waals surface area contributed by atoms with Crippen LogP contribution < -0.4 is 9.30 Å². The number of aromatic nitrogens is 3. The first-order valence-electron chi connectivity index (χ1n) is 21.9. The van der Waals surface area contributed by atoms with Crippen LogP contribution in [0.25, 0.3) is 82.8 Å². The van der Waals surface area contributed by atoms with E-state index in [9.17, 15) is 0 Å². The molecule has 65 heavy (non-hydrogen) atoms. The van der Waals surface area contributed by atoms with Gasteiger partial charge in [-0.3, -0.25) is 0 Å². The molecule has 2 aliphatic rings. The number of nitrogens with zero attached hydrogens (tertiary/aromatic N) is 4. The fraction of sp³-hybridized carbons (Fsp3) is 0.0167. The average Bonchev–Trinajstić information content (AvgIpc) is 3.86. The molecule has 1 spiro atoms. The van der Waals surface area contributed by atoms with Crippen LogP contribution >= 0.6 is 0 Å². The largest absolute Gasteiger partial charge is 0.457 e. The molecule has 0 unspecified atom stereocenters. The molecule has 0 fully saturated rings. The number of para-hydroxylation sites is 1. The Morgan fingerprint density at radius 1 is 0.477 bits per heavy atom.